The van der Waals surface area contributed by atoms with Crippen molar-refractivity contribution in [2.24, 2.45) is 0 Å². The van der Waals surface area contributed by atoms with E-state index in [0.717, 1.165) is 5.69 Å². The Balaban J connectivity index is 2.50. The van der Waals surface area contributed by atoms with Crippen molar-refractivity contribution in [2.45, 2.75) is 6.42 Å². The quantitative estimate of drug-likeness (QED) is 0.830. The summed E-state index contributed by atoms with van der Waals surface area (Å²) >= 11 is 0. The van der Waals surface area contributed by atoms with Crippen LogP contribution < -0.4 is 5.32 Å². The van der Waals surface area contributed by atoms with Crippen molar-refractivity contribution in [3.05, 3.63) is 29.8 Å². The van der Waals surface area contributed by atoms with Crippen molar-refractivity contribution in [3.8, 4) is 6.07 Å². The van der Waals surface area contributed by atoms with Crippen LogP contribution in [0.25, 0.3) is 0 Å². The van der Waals surface area contributed by atoms with E-state index in [1.165, 1.54) is 0 Å². The predicted octanol–water partition coefficient (Wildman–Crippen LogP) is 1.45. The van der Waals surface area contributed by atoms with Crippen LogP contribution in [-0.2, 0) is 4.79 Å². The molecule has 16 heavy (non-hydrogen) atoms. The number of anilines is 1. The molecule has 0 aliphatic heterocycles. The summed E-state index contributed by atoms with van der Waals surface area (Å²) in [4.78, 5) is 12.9. The lowest BCUT2D eigenvalue weighted by Crippen LogP contribution is -2.24. The van der Waals surface area contributed by atoms with E-state index in [9.17, 15) is 4.79 Å². The molecule has 0 spiro atoms. The van der Waals surface area contributed by atoms with Gasteiger partial charge in [-0.15, -0.1) is 0 Å². The molecule has 4 nitrogen and oxygen atoms in total. The van der Waals surface area contributed by atoms with Crippen LogP contribution in [0.1, 0.15) is 12.0 Å². The monoisotopic (exact) mass is 217 g/mol. The maximum atomic E-state index is 11.3. The van der Waals surface area contributed by atoms with E-state index in [0.29, 0.717) is 18.5 Å². The molecule has 0 saturated carbocycles. The summed E-state index contributed by atoms with van der Waals surface area (Å²) in [6.45, 7) is 0.537. The summed E-state index contributed by atoms with van der Waals surface area (Å²) in [5, 5.41) is 11.9. The maximum absolute atomic E-state index is 11.3. The highest BCUT2D eigenvalue weighted by Crippen LogP contribution is 2.13. The van der Waals surface area contributed by atoms with Gasteiger partial charge in [0.1, 0.15) is 6.07 Å². The molecule has 1 rings (SSSR count). The Bertz CT molecular complexity index is 407. The van der Waals surface area contributed by atoms with Crippen molar-refractivity contribution in [3.63, 3.8) is 0 Å². The number of para-hydroxylation sites is 1. The Kier molecular flexibility index (Phi) is 4.34. The standard InChI is InChI=1S/C12H15N3O/c1-15(2)12(16)7-8-14-11-6-4-3-5-10(11)9-13/h3-6,14H,7-8H2,1-2H3. The van der Waals surface area contributed by atoms with E-state index in [1.807, 2.05) is 18.2 Å². The molecule has 0 unspecified atom stereocenters. The number of nitrogens with zero attached hydrogens (tertiary/aromatic N) is 2. The molecule has 0 saturated heterocycles. The molecule has 0 bridgehead atoms. The van der Waals surface area contributed by atoms with Gasteiger partial charge in [-0.2, -0.15) is 5.26 Å². The lowest BCUT2D eigenvalue weighted by molar-refractivity contribution is -0.128. The van der Waals surface area contributed by atoms with Crippen LogP contribution in [0, 0.1) is 11.3 Å². The average molecular weight is 217 g/mol. The normalized spacial score (nSPS) is 9.31. The third-order valence-corrected chi connectivity index (χ3v) is 2.20. The SMILES string of the molecule is CN(C)C(=O)CCNc1ccccc1C#N. The third kappa shape index (κ3) is 3.28. The first-order chi connectivity index (χ1) is 7.65. The summed E-state index contributed by atoms with van der Waals surface area (Å²) in [5.41, 5.74) is 1.37. The van der Waals surface area contributed by atoms with Crippen molar-refractivity contribution in [2.75, 3.05) is 26.0 Å². The number of hydrogen-bond acceptors (Lipinski definition) is 3. The Morgan fingerprint density at radius 1 is 1.44 bits per heavy atom. The molecular weight excluding hydrogens is 202 g/mol. The highest BCUT2D eigenvalue weighted by molar-refractivity contribution is 5.76. The van der Waals surface area contributed by atoms with Crippen LogP contribution in [0.3, 0.4) is 0 Å². The van der Waals surface area contributed by atoms with Gasteiger partial charge in [-0.05, 0) is 12.1 Å². The van der Waals surface area contributed by atoms with Gasteiger partial charge in [0.2, 0.25) is 5.91 Å². The van der Waals surface area contributed by atoms with Gasteiger partial charge < -0.3 is 10.2 Å². The molecule has 1 amide bonds. The molecule has 84 valence electrons. The fraction of sp³-hybridized carbons (Fsp3) is 0.333. The van der Waals surface area contributed by atoms with E-state index in [4.69, 9.17) is 5.26 Å². The number of nitriles is 1. The van der Waals surface area contributed by atoms with Crippen LogP contribution in [0.2, 0.25) is 0 Å². The van der Waals surface area contributed by atoms with E-state index in [2.05, 4.69) is 11.4 Å². The van der Waals surface area contributed by atoms with Gasteiger partial charge in [-0.3, -0.25) is 4.79 Å². The van der Waals surface area contributed by atoms with Crippen LogP contribution in [0.15, 0.2) is 24.3 Å². The lowest BCUT2D eigenvalue weighted by atomic mass is 10.2. The van der Waals surface area contributed by atoms with Gasteiger partial charge in [-0.1, -0.05) is 12.1 Å². The fourth-order valence-corrected chi connectivity index (χ4v) is 1.26. The first-order valence-corrected chi connectivity index (χ1v) is 5.08. The first-order valence-electron chi connectivity index (χ1n) is 5.08. The van der Waals surface area contributed by atoms with Crippen molar-refractivity contribution < 1.29 is 4.79 Å². The molecule has 1 aromatic rings. The zero-order valence-electron chi connectivity index (χ0n) is 9.53. The molecule has 4 heteroatoms. The molecule has 0 aliphatic rings. The van der Waals surface area contributed by atoms with Crippen LogP contribution in [0.5, 0.6) is 0 Å². The minimum atomic E-state index is 0.0712. The van der Waals surface area contributed by atoms with Gasteiger partial charge >= 0.3 is 0 Å². The predicted molar refractivity (Wildman–Crippen MR) is 63.0 cm³/mol. The van der Waals surface area contributed by atoms with Crippen LogP contribution in [-0.4, -0.2) is 31.4 Å². The van der Waals surface area contributed by atoms with Crippen molar-refractivity contribution in [1.29, 1.82) is 5.26 Å². The Labute approximate surface area is 95.5 Å². The second kappa shape index (κ2) is 5.76. The second-order valence-electron chi connectivity index (χ2n) is 3.62. The minimum Gasteiger partial charge on any atom is -0.383 e. The van der Waals surface area contributed by atoms with Gasteiger partial charge in [0.05, 0.1) is 11.3 Å². The summed E-state index contributed by atoms with van der Waals surface area (Å²) in [6.07, 6.45) is 0.423. The third-order valence-electron chi connectivity index (χ3n) is 2.20. The van der Waals surface area contributed by atoms with E-state index in [-0.39, 0.29) is 5.91 Å². The molecule has 0 heterocycles. The minimum absolute atomic E-state index is 0.0712. The first kappa shape index (κ1) is 12.1. The molecule has 0 aliphatic carbocycles. The maximum Gasteiger partial charge on any atom is 0.223 e. The summed E-state index contributed by atoms with van der Waals surface area (Å²) in [6, 6.07) is 9.35. The number of rotatable bonds is 4. The molecule has 1 N–H and O–H groups in total. The van der Waals surface area contributed by atoms with Gasteiger partial charge in [0.15, 0.2) is 0 Å². The number of carbonyl (C=O) groups is 1. The van der Waals surface area contributed by atoms with Gasteiger partial charge in [0, 0.05) is 27.1 Å². The molecule has 0 fully saturated rings. The average Bonchev–Trinajstić information content (AvgIpc) is 2.29. The van der Waals surface area contributed by atoms with Crippen LogP contribution in [0.4, 0.5) is 5.69 Å². The Morgan fingerprint density at radius 2 is 2.12 bits per heavy atom. The zero-order chi connectivity index (χ0) is 12.0. The highest BCUT2D eigenvalue weighted by atomic mass is 16.2. The summed E-state index contributed by atoms with van der Waals surface area (Å²) in [7, 11) is 3.46. The largest absolute Gasteiger partial charge is 0.383 e. The number of nitrogens with one attached hydrogen (secondary N) is 1. The molecule has 0 atom stereocenters. The Morgan fingerprint density at radius 3 is 2.75 bits per heavy atom. The smallest absolute Gasteiger partial charge is 0.223 e. The summed E-state index contributed by atoms with van der Waals surface area (Å²) in [5.74, 6) is 0.0712. The van der Waals surface area contributed by atoms with Crippen molar-refractivity contribution in [1.82, 2.24) is 4.90 Å². The molecular formula is C12H15N3O. The van der Waals surface area contributed by atoms with Gasteiger partial charge in [0.25, 0.3) is 0 Å². The highest BCUT2D eigenvalue weighted by Gasteiger charge is 2.04. The number of hydrogen-bond donors (Lipinski definition) is 1. The second-order valence-corrected chi connectivity index (χ2v) is 3.62. The Hall–Kier alpha value is -2.02. The number of amides is 1. The lowest BCUT2D eigenvalue weighted by Gasteiger charge is -2.11. The molecule has 0 radical (unpaired) electrons. The molecule has 0 aromatic heterocycles. The van der Waals surface area contributed by atoms with Crippen molar-refractivity contribution >= 4 is 11.6 Å². The molecule has 1 aromatic carbocycles. The summed E-state index contributed by atoms with van der Waals surface area (Å²) < 4.78 is 0. The van der Waals surface area contributed by atoms with Crippen LogP contribution >= 0.6 is 0 Å². The van der Waals surface area contributed by atoms with Gasteiger partial charge in [-0.25, -0.2) is 0 Å². The van der Waals surface area contributed by atoms with E-state index in [1.54, 1.807) is 25.1 Å². The zero-order valence-corrected chi connectivity index (χ0v) is 9.53. The number of carbonyl (C=O) groups excluding carboxylic acids is 1. The van der Waals surface area contributed by atoms with E-state index >= 15 is 0 Å². The number of benzene rings is 1. The van der Waals surface area contributed by atoms with E-state index < -0.39 is 0 Å². The topological polar surface area (TPSA) is 56.1 Å². The fourth-order valence-electron chi connectivity index (χ4n) is 1.26.